The molecule has 0 saturated carbocycles. The second-order valence-electron chi connectivity index (χ2n) is 10.3. The number of nitrogens with one attached hydrogen (secondary N) is 2. The molecule has 2 N–H and O–H groups in total. The zero-order chi connectivity index (χ0) is 27.4. The van der Waals surface area contributed by atoms with Gasteiger partial charge in [0.1, 0.15) is 5.75 Å². The van der Waals surface area contributed by atoms with Gasteiger partial charge in [0.2, 0.25) is 11.8 Å². The zero-order valence-corrected chi connectivity index (χ0v) is 23.5. The highest BCUT2D eigenvalue weighted by atomic mass is 32.2. The van der Waals surface area contributed by atoms with Crippen LogP contribution >= 0.6 is 0 Å². The minimum atomic E-state index is -3.20. The molecule has 1 fully saturated rings. The van der Waals surface area contributed by atoms with Gasteiger partial charge in [-0.3, -0.25) is 0 Å². The topological polar surface area (TPSA) is 106 Å². The Hall–Kier alpha value is -3.56. The van der Waals surface area contributed by atoms with Crippen LogP contribution < -0.4 is 15.4 Å². The molecule has 5 rings (SSSR count). The number of pyridine rings is 1. The van der Waals surface area contributed by atoms with Gasteiger partial charge in [-0.2, -0.15) is 0 Å². The van der Waals surface area contributed by atoms with Gasteiger partial charge in [-0.25, -0.2) is 23.4 Å². The van der Waals surface area contributed by atoms with Gasteiger partial charge < -0.3 is 15.4 Å². The Kier molecular flexibility index (Phi) is 8.09. The standard InChI is InChI=1S/C30H35N5O3S/c1-4-17-39(36,37)19-22-7-5-8-25-24(22)13-10-20(2)28(25)38-29-26(9-6-15-31-29)27-14-16-32-30(35-27)34-23-12-11-21(3)33-18-23/h5-10,13-16,21,23,33H,4,11-12,17-19H2,1-3H3,(H,32,34,35)/t21-,23-/m0/s1. The Morgan fingerprint density at radius 3 is 2.69 bits per heavy atom. The van der Waals surface area contributed by atoms with Crippen molar-refractivity contribution >= 4 is 26.6 Å². The fourth-order valence-electron chi connectivity index (χ4n) is 5.03. The fourth-order valence-corrected chi connectivity index (χ4v) is 6.52. The summed E-state index contributed by atoms with van der Waals surface area (Å²) in [5.41, 5.74) is 3.15. The monoisotopic (exact) mass is 545 g/mol. The number of fused-ring (bicyclic) bond motifs is 1. The van der Waals surface area contributed by atoms with Crippen LogP contribution in [0.5, 0.6) is 11.6 Å². The third-order valence-electron chi connectivity index (χ3n) is 7.09. The molecule has 2 aromatic heterocycles. The molecule has 2 aromatic carbocycles. The van der Waals surface area contributed by atoms with E-state index in [4.69, 9.17) is 9.72 Å². The number of ether oxygens (including phenoxy) is 1. The van der Waals surface area contributed by atoms with Crippen molar-refractivity contribution in [2.24, 2.45) is 0 Å². The first kappa shape index (κ1) is 27.0. The van der Waals surface area contributed by atoms with E-state index in [0.29, 0.717) is 35.7 Å². The van der Waals surface area contributed by atoms with Gasteiger partial charge >= 0.3 is 0 Å². The molecule has 1 aliphatic rings. The molecule has 0 amide bonds. The SMILES string of the molecule is CCCS(=O)(=O)Cc1cccc2c(Oc3ncccc3-c3ccnc(N[C@H]4CC[C@H](C)NC4)n3)c(C)ccc12. The van der Waals surface area contributed by atoms with Crippen molar-refractivity contribution < 1.29 is 13.2 Å². The van der Waals surface area contributed by atoms with E-state index < -0.39 is 9.84 Å². The van der Waals surface area contributed by atoms with E-state index in [1.165, 1.54) is 0 Å². The van der Waals surface area contributed by atoms with Crippen LogP contribution in [0.3, 0.4) is 0 Å². The molecule has 204 valence electrons. The molecule has 1 aliphatic heterocycles. The lowest BCUT2D eigenvalue weighted by atomic mass is 10.0. The van der Waals surface area contributed by atoms with E-state index in [0.717, 1.165) is 46.8 Å². The Balaban J connectivity index is 1.47. The highest BCUT2D eigenvalue weighted by Gasteiger charge is 2.20. The normalized spacial score (nSPS) is 17.7. The Morgan fingerprint density at radius 2 is 1.90 bits per heavy atom. The molecular formula is C30H35N5O3S. The number of aryl methyl sites for hydroxylation is 1. The van der Waals surface area contributed by atoms with Crippen molar-refractivity contribution in [3.8, 4) is 22.9 Å². The largest absolute Gasteiger partial charge is 0.437 e. The van der Waals surface area contributed by atoms with Crippen LogP contribution in [0.2, 0.25) is 0 Å². The summed E-state index contributed by atoms with van der Waals surface area (Å²) >= 11 is 0. The number of hydrogen-bond donors (Lipinski definition) is 2. The maximum atomic E-state index is 12.6. The lowest BCUT2D eigenvalue weighted by Crippen LogP contribution is -2.43. The number of benzene rings is 2. The van der Waals surface area contributed by atoms with Gasteiger partial charge in [-0.1, -0.05) is 37.3 Å². The summed E-state index contributed by atoms with van der Waals surface area (Å²) in [7, 11) is -3.20. The molecule has 0 spiro atoms. The van der Waals surface area contributed by atoms with Crippen LogP contribution in [0.4, 0.5) is 5.95 Å². The summed E-state index contributed by atoms with van der Waals surface area (Å²) in [4.78, 5) is 13.8. The summed E-state index contributed by atoms with van der Waals surface area (Å²) in [5.74, 6) is 1.82. The molecule has 8 nitrogen and oxygen atoms in total. The lowest BCUT2D eigenvalue weighted by molar-refractivity contribution is 0.397. The molecule has 0 aliphatic carbocycles. The number of aromatic nitrogens is 3. The molecule has 4 aromatic rings. The van der Waals surface area contributed by atoms with E-state index in [1.807, 2.05) is 62.4 Å². The van der Waals surface area contributed by atoms with Crippen molar-refractivity contribution in [1.29, 1.82) is 0 Å². The first-order valence-corrected chi connectivity index (χ1v) is 15.3. The summed E-state index contributed by atoms with van der Waals surface area (Å²) in [5, 5.41) is 8.66. The second kappa shape index (κ2) is 11.7. The number of nitrogens with zero attached hydrogens (tertiary/aromatic N) is 3. The predicted octanol–water partition coefficient (Wildman–Crippen LogP) is 5.67. The Labute approximate surface area is 230 Å². The van der Waals surface area contributed by atoms with Crippen molar-refractivity contribution in [3.63, 3.8) is 0 Å². The number of hydrogen-bond acceptors (Lipinski definition) is 8. The van der Waals surface area contributed by atoms with Crippen LogP contribution in [0.1, 0.15) is 44.2 Å². The minimum absolute atomic E-state index is 0.00164. The van der Waals surface area contributed by atoms with E-state index in [9.17, 15) is 8.42 Å². The first-order valence-electron chi connectivity index (χ1n) is 13.5. The van der Waals surface area contributed by atoms with Gasteiger partial charge in [0.25, 0.3) is 0 Å². The van der Waals surface area contributed by atoms with E-state index in [2.05, 4.69) is 27.5 Å². The van der Waals surface area contributed by atoms with E-state index in [1.54, 1.807) is 12.4 Å². The molecule has 39 heavy (non-hydrogen) atoms. The van der Waals surface area contributed by atoms with Gasteiger partial charge in [0.15, 0.2) is 9.84 Å². The third-order valence-corrected chi connectivity index (χ3v) is 8.87. The lowest BCUT2D eigenvalue weighted by Gasteiger charge is -2.28. The zero-order valence-electron chi connectivity index (χ0n) is 22.6. The maximum absolute atomic E-state index is 12.6. The molecule has 0 unspecified atom stereocenters. The van der Waals surface area contributed by atoms with Gasteiger partial charge in [0, 0.05) is 36.4 Å². The van der Waals surface area contributed by atoms with Crippen molar-refractivity contribution in [2.45, 2.75) is 57.9 Å². The first-order chi connectivity index (χ1) is 18.8. The summed E-state index contributed by atoms with van der Waals surface area (Å²) < 4.78 is 31.7. The highest BCUT2D eigenvalue weighted by molar-refractivity contribution is 7.90. The minimum Gasteiger partial charge on any atom is -0.437 e. The van der Waals surface area contributed by atoms with Crippen LogP contribution in [0.15, 0.2) is 60.9 Å². The van der Waals surface area contributed by atoms with Crippen molar-refractivity contribution in [1.82, 2.24) is 20.3 Å². The van der Waals surface area contributed by atoms with Gasteiger partial charge in [0.05, 0.1) is 22.8 Å². The average molecular weight is 546 g/mol. The fraction of sp³-hybridized carbons (Fsp3) is 0.367. The second-order valence-corrected chi connectivity index (χ2v) is 12.5. The van der Waals surface area contributed by atoms with E-state index >= 15 is 0 Å². The number of anilines is 1. The number of sulfone groups is 1. The quantitative estimate of drug-likeness (QED) is 0.277. The van der Waals surface area contributed by atoms with Gasteiger partial charge in [-0.15, -0.1) is 0 Å². The van der Waals surface area contributed by atoms with Crippen LogP contribution in [-0.4, -0.2) is 47.8 Å². The van der Waals surface area contributed by atoms with Gasteiger partial charge in [-0.05, 0) is 67.8 Å². The molecule has 3 heterocycles. The molecule has 9 heteroatoms. The molecule has 2 atom stereocenters. The van der Waals surface area contributed by atoms with E-state index in [-0.39, 0.29) is 17.5 Å². The number of piperidine rings is 1. The third kappa shape index (κ3) is 6.37. The van der Waals surface area contributed by atoms with Crippen LogP contribution in [0, 0.1) is 6.92 Å². The summed E-state index contributed by atoms with van der Waals surface area (Å²) in [6, 6.07) is 16.1. The number of rotatable bonds is 9. The predicted molar refractivity (Wildman–Crippen MR) is 156 cm³/mol. The Bertz CT molecular complexity index is 1570. The van der Waals surface area contributed by atoms with Crippen LogP contribution in [-0.2, 0) is 15.6 Å². The highest BCUT2D eigenvalue weighted by Crippen LogP contribution is 2.37. The molecular weight excluding hydrogens is 510 g/mol. The van der Waals surface area contributed by atoms with Crippen LogP contribution in [0.25, 0.3) is 22.0 Å². The smallest absolute Gasteiger partial charge is 0.228 e. The molecule has 0 radical (unpaired) electrons. The molecule has 1 saturated heterocycles. The average Bonchev–Trinajstić information content (AvgIpc) is 2.92. The maximum Gasteiger partial charge on any atom is 0.228 e. The summed E-state index contributed by atoms with van der Waals surface area (Å²) in [6.07, 6.45) is 6.20. The summed E-state index contributed by atoms with van der Waals surface area (Å²) in [6.45, 7) is 6.93. The van der Waals surface area contributed by atoms with Crippen molar-refractivity contribution in [2.75, 3.05) is 17.6 Å². The Morgan fingerprint density at radius 1 is 1.03 bits per heavy atom. The molecule has 0 bridgehead atoms. The van der Waals surface area contributed by atoms with Crippen molar-refractivity contribution in [3.05, 3.63) is 72.1 Å².